The van der Waals surface area contributed by atoms with Crippen LogP contribution in [0.15, 0.2) is 12.1 Å². The first-order valence-electron chi connectivity index (χ1n) is 5.85. The molecule has 1 saturated carbocycles. The molecule has 0 heterocycles. The molecule has 0 radical (unpaired) electrons. The number of hydrogen-bond donors (Lipinski definition) is 3. The van der Waals surface area contributed by atoms with Gasteiger partial charge in [-0.25, -0.2) is 0 Å². The summed E-state index contributed by atoms with van der Waals surface area (Å²) in [6.45, 7) is 1.78. The highest BCUT2D eigenvalue weighted by atomic mass is 16.3. The van der Waals surface area contributed by atoms with Crippen LogP contribution in [0.5, 0.6) is 11.5 Å². The van der Waals surface area contributed by atoms with Crippen LogP contribution in [-0.4, -0.2) is 10.2 Å². The van der Waals surface area contributed by atoms with Gasteiger partial charge in [-0.2, -0.15) is 0 Å². The topological polar surface area (TPSA) is 66.5 Å². The minimum absolute atomic E-state index is 0.0387. The fourth-order valence-corrected chi connectivity index (χ4v) is 2.52. The Balaban J connectivity index is 2.39. The quantitative estimate of drug-likeness (QED) is 0.638. The van der Waals surface area contributed by atoms with E-state index in [1.165, 1.54) is 6.42 Å². The maximum Gasteiger partial charge on any atom is 0.160 e. The molecule has 1 aliphatic carbocycles. The van der Waals surface area contributed by atoms with E-state index in [-0.39, 0.29) is 17.0 Å². The van der Waals surface area contributed by atoms with Gasteiger partial charge in [0.25, 0.3) is 0 Å². The zero-order valence-corrected chi connectivity index (χ0v) is 9.66. The van der Waals surface area contributed by atoms with Crippen molar-refractivity contribution in [2.75, 3.05) is 0 Å². The van der Waals surface area contributed by atoms with Crippen LogP contribution < -0.4 is 5.73 Å². The Morgan fingerprint density at radius 3 is 2.31 bits per heavy atom. The maximum absolute atomic E-state index is 9.62. The van der Waals surface area contributed by atoms with Crippen LogP contribution in [0, 0.1) is 6.92 Å². The summed E-state index contributed by atoms with van der Waals surface area (Å²) in [6.07, 6.45) is 5.42. The summed E-state index contributed by atoms with van der Waals surface area (Å²) in [7, 11) is 0. The summed E-state index contributed by atoms with van der Waals surface area (Å²) in [5.74, 6) is -0.103. The molecule has 0 spiro atoms. The van der Waals surface area contributed by atoms with Gasteiger partial charge in [-0.3, -0.25) is 0 Å². The maximum atomic E-state index is 9.62. The van der Waals surface area contributed by atoms with Crippen molar-refractivity contribution in [2.24, 2.45) is 5.73 Å². The van der Waals surface area contributed by atoms with Crippen LogP contribution in [0.3, 0.4) is 0 Å². The van der Waals surface area contributed by atoms with E-state index in [0.29, 0.717) is 5.56 Å². The molecule has 3 heteroatoms. The minimum atomic E-state index is -0.325. The van der Waals surface area contributed by atoms with Crippen molar-refractivity contribution >= 4 is 0 Å². The van der Waals surface area contributed by atoms with Gasteiger partial charge in [-0.15, -0.1) is 0 Å². The Hall–Kier alpha value is -1.22. The SMILES string of the molecule is Cc1cc(C2(N)CCCCC2)cc(O)c1O. The highest BCUT2D eigenvalue weighted by molar-refractivity contribution is 5.48. The highest BCUT2D eigenvalue weighted by Gasteiger charge is 2.30. The molecule has 0 amide bonds. The van der Waals surface area contributed by atoms with Crippen molar-refractivity contribution < 1.29 is 10.2 Å². The smallest absolute Gasteiger partial charge is 0.160 e. The molecule has 0 aromatic heterocycles. The zero-order valence-electron chi connectivity index (χ0n) is 9.66. The third kappa shape index (κ3) is 1.87. The molecule has 1 fully saturated rings. The first-order chi connectivity index (χ1) is 7.53. The third-order valence-corrected chi connectivity index (χ3v) is 3.60. The van der Waals surface area contributed by atoms with E-state index in [1.54, 1.807) is 13.0 Å². The predicted molar refractivity (Wildman–Crippen MR) is 63.5 cm³/mol. The molecule has 1 aromatic rings. The number of aromatic hydroxyl groups is 2. The lowest BCUT2D eigenvalue weighted by Crippen LogP contribution is -2.38. The van der Waals surface area contributed by atoms with Crippen molar-refractivity contribution in [1.29, 1.82) is 0 Å². The largest absolute Gasteiger partial charge is 0.504 e. The molecule has 2 rings (SSSR count). The van der Waals surface area contributed by atoms with Gasteiger partial charge < -0.3 is 15.9 Å². The van der Waals surface area contributed by atoms with Crippen LogP contribution >= 0.6 is 0 Å². The Morgan fingerprint density at radius 2 is 1.75 bits per heavy atom. The van der Waals surface area contributed by atoms with Gasteiger partial charge >= 0.3 is 0 Å². The normalized spacial score (nSPS) is 19.6. The zero-order chi connectivity index (χ0) is 11.8. The van der Waals surface area contributed by atoms with Crippen LogP contribution in [0.4, 0.5) is 0 Å². The summed E-state index contributed by atoms with van der Waals surface area (Å²) in [4.78, 5) is 0. The number of hydrogen-bond acceptors (Lipinski definition) is 3. The van der Waals surface area contributed by atoms with Crippen molar-refractivity contribution in [3.05, 3.63) is 23.3 Å². The molecule has 0 atom stereocenters. The molecule has 4 N–H and O–H groups in total. The minimum Gasteiger partial charge on any atom is -0.504 e. The first kappa shape index (κ1) is 11.3. The second-order valence-electron chi connectivity index (χ2n) is 4.88. The van der Waals surface area contributed by atoms with Gasteiger partial charge in [0.2, 0.25) is 0 Å². The van der Waals surface area contributed by atoms with E-state index >= 15 is 0 Å². The standard InChI is InChI=1S/C13H19NO2/c1-9-7-10(8-11(15)12(9)16)13(14)5-3-2-4-6-13/h7-8,15-16H,2-6,14H2,1H3. The van der Waals surface area contributed by atoms with E-state index in [9.17, 15) is 10.2 Å². The van der Waals surface area contributed by atoms with Gasteiger partial charge in [0.05, 0.1) is 0 Å². The van der Waals surface area contributed by atoms with Crippen LogP contribution in [0.25, 0.3) is 0 Å². The number of aryl methyl sites for hydroxylation is 1. The number of benzene rings is 1. The summed E-state index contributed by atoms with van der Waals surface area (Å²) >= 11 is 0. The number of rotatable bonds is 1. The Bertz CT molecular complexity index is 372. The molecular formula is C13H19NO2. The molecule has 3 nitrogen and oxygen atoms in total. The van der Waals surface area contributed by atoms with Crippen LogP contribution in [0.2, 0.25) is 0 Å². The Labute approximate surface area is 95.9 Å². The summed E-state index contributed by atoms with van der Waals surface area (Å²) in [5.41, 5.74) is 7.68. The molecule has 0 unspecified atom stereocenters. The molecule has 0 aliphatic heterocycles. The number of nitrogens with two attached hydrogens (primary N) is 1. The van der Waals surface area contributed by atoms with E-state index in [1.807, 2.05) is 6.07 Å². The predicted octanol–water partition coefficient (Wildman–Crippen LogP) is 2.52. The molecule has 1 aromatic carbocycles. The van der Waals surface area contributed by atoms with Crippen LogP contribution in [-0.2, 0) is 5.54 Å². The fraction of sp³-hybridized carbons (Fsp3) is 0.538. The monoisotopic (exact) mass is 221 g/mol. The lowest BCUT2D eigenvalue weighted by atomic mass is 9.77. The Morgan fingerprint density at radius 1 is 1.12 bits per heavy atom. The Kier molecular flexibility index (Phi) is 2.80. The van der Waals surface area contributed by atoms with Gasteiger partial charge in [0.1, 0.15) is 0 Å². The van der Waals surface area contributed by atoms with E-state index < -0.39 is 0 Å². The molecule has 88 valence electrons. The van der Waals surface area contributed by atoms with Crippen LogP contribution in [0.1, 0.15) is 43.2 Å². The summed E-state index contributed by atoms with van der Waals surface area (Å²) in [5, 5.41) is 19.1. The second-order valence-corrected chi connectivity index (χ2v) is 4.88. The third-order valence-electron chi connectivity index (χ3n) is 3.60. The van der Waals surface area contributed by atoms with Gasteiger partial charge in [0.15, 0.2) is 11.5 Å². The average molecular weight is 221 g/mol. The number of phenols is 2. The molecule has 0 saturated heterocycles. The highest BCUT2D eigenvalue weighted by Crippen LogP contribution is 2.39. The lowest BCUT2D eigenvalue weighted by molar-refractivity contribution is 0.300. The summed E-state index contributed by atoms with van der Waals surface area (Å²) < 4.78 is 0. The van der Waals surface area contributed by atoms with E-state index in [0.717, 1.165) is 31.2 Å². The second kappa shape index (κ2) is 3.98. The molecular weight excluding hydrogens is 202 g/mol. The van der Waals surface area contributed by atoms with Crippen molar-refractivity contribution in [3.8, 4) is 11.5 Å². The molecule has 1 aliphatic rings. The van der Waals surface area contributed by atoms with Crippen molar-refractivity contribution in [2.45, 2.75) is 44.6 Å². The van der Waals surface area contributed by atoms with Gasteiger partial charge in [0, 0.05) is 5.54 Å². The fourth-order valence-electron chi connectivity index (χ4n) is 2.52. The first-order valence-corrected chi connectivity index (χ1v) is 5.85. The molecule has 16 heavy (non-hydrogen) atoms. The number of phenolic OH excluding ortho intramolecular Hbond substituents is 2. The van der Waals surface area contributed by atoms with E-state index in [4.69, 9.17) is 5.73 Å². The average Bonchev–Trinajstić information content (AvgIpc) is 2.26. The van der Waals surface area contributed by atoms with Gasteiger partial charge in [-0.05, 0) is 37.0 Å². The summed E-state index contributed by atoms with van der Waals surface area (Å²) in [6, 6.07) is 3.49. The van der Waals surface area contributed by atoms with Gasteiger partial charge in [-0.1, -0.05) is 25.3 Å². The van der Waals surface area contributed by atoms with Crippen molar-refractivity contribution in [1.82, 2.24) is 0 Å². The molecule has 0 bridgehead atoms. The lowest BCUT2D eigenvalue weighted by Gasteiger charge is -2.34. The van der Waals surface area contributed by atoms with E-state index in [2.05, 4.69) is 0 Å². The van der Waals surface area contributed by atoms with Crippen molar-refractivity contribution in [3.63, 3.8) is 0 Å².